The number of amides is 1. The molecule has 0 radical (unpaired) electrons. The smallest absolute Gasteiger partial charge is 0.407 e. The van der Waals surface area contributed by atoms with E-state index in [4.69, 9.17) is 29.2 Å². The average Bonchev–Trinajstić information content (AvgIpc) is 3.66. The van der Waals surface area contributed by atoms with Gasteiger partial charge in [-0.3, -0.25) is 9.88 Å². The predicted octanol–water partition coefficient (Wildman–Crippen LogP) is 9.26. The number of aromatic nitrogens is 3. The second-order valence-electron chi connectivity index (χ2n) is 18.5. The molecule has 2 aromatic carbocycles. The molecule has 60 heavy (non-hydrogen) atoms. The van der Waals surface area contributed by atoms with Crippen molar-refractivity contribution >= 4 is 41.7 Å². The molecule has 11 nitrogen and oxygen atoms in total. The van der Waals surface area contributed by atoms with Crippen molar-refractivity contribution in [3.8, 4) is 34.5 Å². The first kappa shape index (κ1) is 42.1. The molecular weight excluding hydrogens is 783 g/mol. The van der Waals surface area contributed by atoms with Crippen LogP contribution in [-0.4, -0.2) is 109 Å². The third-order valence-electron chi connectivity index (χ3n) is 13.8. The third-order valence-corrected chi connectivity index (χ3v) is 20.1. The van der Waals surface area contributed by atoms with E-state index in [1.807, 2.05) is 4.90 Å². The molecule has 3 saturated heterocycles. The molecule has 1 amide bonds. The number of pyridine rings is 1. The van der Waals surface area contributed by atoms with Gasteiger partial charge < -0.3 is 29.1 Å². The molecule has 1 N–H and O–H groups in total. The first-order valence-corrected chi connectivity index (χ1v) is 23.9. The van der Waals surface area contributed by atoms with E-state index in [0.717, 1.165) is 45.3 Å². The summed E-state index contributed by atoms with van der Waals surface area (Å²) in [7, 11) is -0.780. The molecule has 4 fully saturated rings. The number of methoxy groups -OCH3 is 1. The number of rotatable bonds is 13. The van der Waals surface area contributed by atoms with E-state index in [-0.39, 0.29) is 47.1 Å². The predicted molar refractivity (Wildman–Crippen MR) is 232 cm³/mol. The van der Waals surface area contributed by atoms with Crippen molar-refractivity contribution in [1.29, 1.82) is 0 Å². The van der Waals surface area contributed by atoms with E-state index in [1.165, 1.54) is 26.0 Å². The van der Waals surface area contributed by atoms with Crippen LogP contribution in [0.2, 0.25) is 16.6 Å². The number of carbonyl (C=O) groups is 1. The van der Waals surface area contributed by atoms with Crippen LogP contribution in [0.5, 0.6) is 11.8 Å². The summed E-state index contributed by atoms with van der Waals surface area (Å²) in [6.45, 7) is 17.5. The Morgan fingerprint density at radius 3 is 2.28 bits per heavy atom. The van der Waals surface area contributed by atoms with Gasteiger partial charge in [-0.15, -0.1) is 5.54 Å². The minimum Gasteiger partial charge on any atom is -0.468 e. The molecule has 2 atom stereocenters. The van der Waals surface area contributed by atoms with Gasteiger partial charge in [0.25, 0.3) is 0 Å². The monoisotopic (exact) mass is 840 g/mol. The maximum atomic E-state index is 17.7. The van der Waals surface area contributed by atoms with Gasteiger partial charge in [0.1, 0.15) is 36.7 Å². The Hall–Kier alpha value is -4.58. The molecular formula is C46H58F2N6O5Si. The van der Waals surface area contributed by atoms with Crippen molar-refractivity contribution in [3.05, 3.63) is 47.7 Å². The third kappa shape index (κ3) is 7.77. The highest BCUT2D eigenvalue weighted by molar-refractivity contribution is 6.90. The summed E-state index contributed by atoms with van der Waals surface area (Å²) in [6, 6.07) is 6.13. The van der Waals surface area contributed by atoms with E-state index in [1.54, 1.807) is 29.3 Å². The number of likely N-dealkylation sites (tertiary alicyclic amines) is 1. The lowest BCUT2D eigenvalue weighted by molar-refractivity contribution is 0.0512. The largest absolute Gasteiger partial charge is 0.468 e. The van der Waals surface area contributed by atoms with Crippen molar-refractivity contribution in [2.24, 2.45) is 5.41 Å². The molecule has 2 bridgehead atoms. The van der Waals surface area contributed by atoms with Gasteiger partial charge in [-0.2, -0.15) is 9.97 Å². The van der Waals surface area contributed by atoms with Crippen molar-refractivity contribution in [1.82, 2.24) is 24.8 Å². The highest BCUT2D eigenvalue weighted by Crippen LogP contribution is 2.48. The number of anilines is 1. The van der Waals surface area contributed by atoms with Gasteiger partial charge in [-0.1, -0.05) is 53.5 Å². The Balaban J connectivity index is 1.29. The molecule has 14 heteroatoms. The van der Waals surface area contributed by atoms with Gasteiger partial charge in [-0.25, -0.2) is 13.6 Å². The number of hydrogen-bond acceptors (Lipinski definition) is 9. The van der Waals surface area contributed by atoms with Crippen LogP contribution < -0.4 is 14.4 Å². The van der Waals surface area contributed by atoms with Crippen LogP contribution in [0.3, 0.4) is 0 Å². The Kier molecular flexibility index (Phi) is 11.7. The minimum absolute atomic E-state index is 0.00120. The Morgan fingerprint density at radius 2 is 1.67 bits per heavy atom. The fourth-order valence-corrected chi connectivity index (χ4v) is 15.8. The van der Waals surface area contributed by atoms with E-state index in [9.17, 15) is 9.90 Å². The first-order valence-electron chi connectivity index (χ1n) is 21.6. The summed E-state index contributed by atoms with van der Waals surface area (Å²) < 4.78 is 51.6. The van der Waals surface area contributed by atoms with Crippen molar-refractivity contribution in [3.63, 3.8) is 0 Å². The number of nitrogens with zero attached hydrogens (tertiary/aromatic N) is 6. The van der Waals surface area contributed by atoms with Crippen molar-refractivity contribution in [2.75, 3.05) is 58.1 Å². The van der Waals surface area contributed by atoms with E-state index >= 15 is 8.78 Å². The first-order chi connectivity index (χ1) is 28.7. The van der Waals surface area contributed by atoms with Gasteiger partial charge in [-0.05, 0) is 91.8 Å². The molecule has 1 saturated carbocycles. The Bertz CT molecular complexity index is 2300. The number of fused-ring (bicyclic) bond motifs is 4. The number of hydrogen-bond donors (Lipinski definition) is 1. The lowest BCUT2D eigenvalue weighted by Gasteiger charge is -2.40. The molecule has 4 aliphatic rings. The average molecular weight is 841 g/mol. The van der Waals surface area contributed by atoms with Crippen LogP contribution in [-0.2, 0) is 4.74 Å². The minimum atomic E-state index is -2.30. The molecule has 320 valence electrons. The van der Waals surface area contributed by atoms with Crippen LogP contribution in [0.25, 0.3) is 32.9 Å². The summed E-state index contributed by atoms with van der Waals surface area (Å²) in [5, 5.41) is 11.4. The summed E-state index contributed by atoms with van der Waals surface area (Å²) in [6.07, 6.45) is 6.60. The molecule has 1 aliphatic carbocycles. The quantitative estimate of drug-likeness (QED) is 0.0795. The van der Waals surface area contributed by atoms with Crippen LogP contribution in [0.4, 0.5) is 19.4 Å². The summed E-state index contributed by atoms with van der Waals surface area (Å²) in [5.41, 5.74) is 5.11. The van der Waals surface area contributed by atoms with E-state index in [2.05, 4.69) is 57.9 Å². The normalized spacial score (nSPS) is 20.1. The topological polar surface area (TPSA) is 113 Å². The lowest BCUT2D eigenvalue weighted by atomic mass is 9.95. The highest BCUT2D eigenvalue weighted by Gasteiger charge is 2.46. The zero-order valence-corrected chi connectivity index (χ0v) is 37.0. The summed E-state index contributed by atoms with van der Waals surface area (Å²) >= 11 is 0. The second-order valence-corrected chi connectivity index (χ2v) is 24.0. The molecule has 0 unspecified atom stereocenters. The van der Waals surface area contributed by atoms with Gasteiger partial charge in [0.2, 0.25) is 0 Å². The standard InChI is InChI=1S/C46H58F2N6O5Si/c1-28(2)60(29(3)4,30(5)6)19-14-35-38(47)13-10-31-20-34(59-27-57-7)21-36(39(31)35)41-40(48)42-37(22-49-41)43(53-23-32-11-12-33(24-53)54(32)45(55)56)51-44(50-42)58-26-46(15-16-46)25-52-17-8-9-18-52/h10,13,20-22,28-30,32-33H,8-9,11-12,15-18,23-27H2,1-7H3,(H,55,56)/t32-,33+. The maximum absolute atomic E-state index is 17.7. The Morgan fingerprint density at radius 1 is 0.983 bits per heavy atom. The van der Waals surface area contributed by atoms with Gasteiger partial charge in [0.05, 0.1) is 29.6 Å². The Labute approximate surface area is 352 Å². The van der Waals surface area contributed by atoms with E-state index in [0.29, 0.717) is 69.6 Å². The SMILES string of the molecule is COCOc1cc(-c2ncc3c(N4C[C@H]5CC[C@@H](C4)N5C(=O)O)nc(OCC4(CN5CCCC5)CC4)nc3c2F)c2c(C#C[Si](C(C)C)(C(C)C)C(C)C)c(F)ccc2c1. The van der Waals surface area contributed by atoms with Crippen LogP contribution >= 0.6 is 0 Å². The summed E-state index contributed by atoms with van der Waals surface area (Å²) in [5.74, 6) is 2.98. The maximum Gasteiger partial charge on any atom is 0.407 e. The van der Waals surface area contributed by atoms with Crippen LogP contribution in [0.15, 0.2) is 30.5 Å². The van der Waals surface area contributed by atoms with Gasteiger partial charge in [0, 0.05) is 49.3 Å². The zero-order valence-electron chi connectivity index (χ0n) is 36.0. The van der Waals surface area contributed by atoms with Crippen molar-refractivity contribution < 1.29 is 32.9 Å². The van der Waals surface area contributed by atoms with Crippen LogP contribution in [0, 0.1) is 28.5 Å². The van der Waals surface area contributed by atoms with Gasteiger partial charge in [0.15, 0.2) is 12.6 Å². The molecule has 5 heterocycles. The molecule has 3 aliphatic heterocycles. The molecule has 8 rings (SSSR count). The van der Waals surface area contributed by atoms with E-state index < -0.39 is 25.8 Å². The van der Waals surface area contributed by atoms with Crippen LogP contribution in [0.1, 0.15) is 85.6 Å². The van der Waals surface area contributed by atoms with Crippen molar-refractivity contribution in [2.45, 2.75) is 109 Å². The van der Waals surface area contributed by atoms with Gasteiger partial charge >= 0.3 is 12.1 Å². The molecule has 0 spiro atoms. The number of carboxylic acid groups (broad SMARTS) is 1. The fourth-order valence-electron chi connectivity index (χ4n) is 10.6. The zero-order chi connectivity index (χ0) is 42.5. The number of ether oxygens (including phenoxy) is 3. The molecule has 4 aromatic rings. The summed E-state index contributed by atoms with van der Waals surface area (Å²) in [4.78, 5) is 32.7. The fraction of sp³-hybridized carbons (Fsp3) is 0.565. The number of halogens is 2. The second kappa shape index (κ2) is 16.7. The lowest BCUT2D eigenvalue weighted by Crippen LogP contribution is -2.55. The number of benzene rings is 2. The highest BCUT2D eigenvalue weighted by atomic mass is 28.3. The number of piperazine rings is 1. The molecule has 2 aromatic heterocycles.